The van der Waals surface area contributed by atoms with Gasteiger partial charge in [-0.1, -0.05) is 23.9 Å². The Balaban J connectivity index is 1.72. The summed E-state index contributed by atoms with van der Waals surface area (Å²) in [6.07, 6.45) is 0. The largest absolute Gasteiger partial charge is 0.497 e. The normalized spacial score (nSPS) is 11.9. The van der Waals surface area contributed by atoms with Gasteiger partial charge >= 0.3 is 0 Å². The summed E-state index contributed by atoms with van der Waals surface area (Å²) < 4.78 is 6.77. The summed E-state index contributed by atoms with van der Waals surface area (Å²) in [5.74, 6) is 0.653. The van der Waals surface area contributed by atoms with E-state index >= 15 is 0 Å². The highest BCUT2D eigenvalue weighted by Crippen LogP contribution is 2.25. The first-order valence-electron chi connectivity index (χ1n) is 8.45. The maximum Gasteiger partial charge on any atom is 0.237 e. The molecule has 0 fully saturated rings. The summed E-state index contributed by atoms with van der Waals surface area (Å²) in [6, 6.07) is 13.4. The molecular formula is C19H21N5O2S. The number of carbonyl (C=O) groups is 1. The second kappa shape index (κ2) is 8.22. The van der Waals surface area contributed by atoms with Crippen molar-refractivity contribution in [2.75, 3.05) is 12.4 Å². The zero-order valence-electron chi connectivity index (χ0n) is 15.6. The number of hydrogen-bond donors (Lipinski definition) is 1. The van der Waals surface area contributed by atoms with Crippen LogP contribution in [-0.2, 0) is 4.79 Å². The number of aryl methyl sites for hydroxylation is 2. The van der Waals surface area contributed by atoms with Crippen LogP contribution in [-0.4, -0.2) is 38.5 Å². The van der Waals surface area contributed by atoms with Gasteiger partial charge in [-0.3, -0.25) is 4.79 Å². The molecule has 0 bridgehead atoms. The van der Waals surface area contributed by atoms with Gasteiger partial charge in [0.2, 0.25) is 11.1 Å². The van der Waals surface area contributed by atoms with Crippen LogP contribution in [0.2, 0.25) is 0 Å². The van der Waals surface area contributed by atoms with E-state index in [0.717, 1.165) is 28.3 Å². The van der Waals surface area contributed by atoms with Gasteiger partial charge in [0, 0.05) is 5.69 Å². The molecule has 1 aromatic heterocycles. The third-order valence-corrected chi connectivity index (χ3v) is 5.09. The molecule has 7 nitrogen and oxygen atoms in total. The lowest BCUT2D eigenvalue weighted by Crippen LogP contribution is -2.23. The topological polar surface area (TPSA) is 81.9 Å². The number of amides is 1. The molecule has 3 aromatic rings. The molecule has 3 rings (SSSR count). The van der Waals surface area contributed by atoms with Gasteiger partial charge in [-0.15, -0.1) is 5.10 Å². The number of benzene rings is 2. The van der Waals surface area contributed by atoms with Gasteiger partial charge < -0.3 is 10.1 Å². The number of nitrogens with one attached hydrogen (secondary N) is 1. The smallest absolute Gasteiger partial charge is 0.237 e. The van der Waals surface area contributed by atoms with E-state index in [4.69, 9.17) is 4.74 Å². The molecule has 0 radical (unpaired) electrons. The van der Waals surface area contributed by atoms with Crippen molar-refractivity contribution in [3.05, 3.63) is 53.6 Å². The Labute approximate surface area is 162 Å². The average molecular weight is 383 g/mol. The van der Waals surface area contributed by atoms with E-state index in [1.54, 1.807) is 11.8 Å². The van der Waals surface area contributed by atoms with Crippen molar-refractivity contribution in [2.45, 2.75) is 31.2 Å². The first-order valence-corrected chi connectivity index (χ1v) is 9.33. The van der Waals surface area contributed by atoms with E-state index in [1.165, 1.54) is 11.8 Å². The predicted molar refractivity (Wildman–Crippen MR) is 106 cm³/mol. The summed E-state index contributed by atoms with van der Waals surface area (Å²) >= 11 is 1.30. The molecule has 1 heterocycles. The Hall–Kier alpha value is -2.87. The van der Waals surface area contributed by atoms with Crippen LogP contribution < -0.4 is 10.1 Å². The highest BCUT2D eigenvalue weighted by molar-refractivity contribution is 8.00. The van der Waals surface area contributed by atoms with Crippen molar-refractivity contribution in [3.8, 4) is 11.4 Å². The third kappa shape index (κ3) is 4.46. The molecule has 0 spiro atoms. The van der Waals surface area contributed by atoms with Crippen molar-refractivity contribution in [1.29, 1.82) is 0 Å². The number of methoxy groups -OCH3 is 1. The monoisotopic (exact) mass is 383 g/mol. The summed E-state index contributed by atoms with van der Waals surface area (Å²) in [7, 11) is 1.61. The van der Waals surface area contributed by atoms with Crippen LogP contribution in [0.5, 0.6) is 5.75 Å². The van der Waals surface area contributed by atoms with E-state index in [-0.39, 0.29) is 11.2 Å². The standard InChI is InChI=1S/C19H21N5O2S/c1-12-5-6-13(2)17(11-12)20-18(25)14(3)27-19-21-22-23-24(19)15-7-9-16(26-4)10-8-15/h5-11,14H,1-4H3,(H,20,25)/t14-/m0/s1. The van der Waals surface area contributed by atoms with E-state index in [9.17, 15) is 4.79 Å². The second-order valence-electron chi connectivity index (χ2n) is 6.14. The number of aromatic nitrogens is 4. The first-order chi connectivity index (χ1) is 13.0. The molecule has 8 heteroatoms. The molecule has 0 saturated carbocycles. The number of hydrogen-bond acceptors (Lipinski definition) is 6. The Morgan fingerprint density at radius 3 is 2.63 bits per heavy atom. The summed E-state index contributed by atoms with van der Waals surface area (Å²) in [5.41, 5.74) is 3.74. The third-order valence-electron chi connectivity index (χ3n) is 4.06. The van der Waals surface area contributed by atoms with Crippen molar-refractivity contribution in [1.82, 2.24) is 20.2 Å². The summed E-state index contributed by atoms with van der Waals surface area (Å²) in [5, 5.41) is 15.0. The van der Waals surface area contributed by atoms with Crippen molar-refractivity contribution in [3.63, 3.8) is 0 Å². The van der Waals surface area contributed by atoms with Gasteiger partial charge in [-0.2, -0.15) is 4.68 Å². The Kier molecular flexibility index (Phi) is 5.75. The molecule has 1 amide bonds. The second-order valence-corrected chi connectivity index (χ2v) is 7.45. The Morgan fingerprint density at radius 2 is 1.93 bits per heavy atom. The highest BCUT2D eigenvalue weighted by atomic mass is 32.2. The molecule has 1 N–H and O–H groups in total. The number of nitrogens with zero attached hydrogens (tertiary/aromatic N) is 4. The molecule has 1 atom stereocenters. The van der Waals surface area contributed by atoms with Crippen molar-refractivity contribution < 1.29 is 9.53 Å². The Morgan fingerprint density at radius 1 is 1.19 bits per heavy atom. The SMILES string of the molecule is COc1ccc(-n2nnnc2S[C@@H](C)C(=O)Nc2cc(C)ccc2C)cc1. The minimum Gasteiger partial charge on any atom is -0.497 e. The zero-order chi connectivity index (χ0) is 19.4. The zero-order valence-corrected chi connectivity index (χ0v) is 16.4. The van der Waals surface area contributed by atoms with Crippen LogP contribution in [0, 0.1) is 13.8 Å². The molecule has 0 saturated heterocycles. The van der Waals surface area contributed by atoms with Crippen LogP contribution >= 0.6 is 11.8 Å². The van der Waals surface area contributed by atoms with Gasteiger partial charge in [0.25, 0.3) is 0 Å². The molecule has 27 heavy (non-hydrogen) atoms. The molecule has 0 aliphatic rings. The van der Waals surface area contributed by atoms with Crippen LogP contribution in [0.1, 0.15) is 18.1 Å². The predicted octanol–water partition coefficient (Wildman–Crippen LogP) is 3.41. The van der Waals surface area contributed by atoms with Crippen LogP contribution in [0.3, 0.4) is 0 Å². The van der Waals surface area contributed by atoms with Crippen molar-refractivity contribution >= 4 is 23.4 Å². The number of ether oxygens (including phenoxy) is 1. The van der Waals surface area contributed by atoms with Gasteiger partial charge in [0.1, 0.15) is 5.75 Å². The first kappa shape index (κ1) is 18.9. The van der Waals surface area contributed by atoms with E-state index in [1.807, 2.05) is 63.2 Å². The molecule has 140 valence electrons. The number of anilines is 1. The van der Waals surface area contributed by atoms with Gasteiger partial charge in [-0.25, -0.2) is 0 Å². The highest BCUT2D eigenvalue weighted by Gasteiger charge is 2.20. The maximum absolute atomic E-state index is 12.6. The Bertz CT molecular complexity index is 940. The summed E-state index contributed by atoms with van der Waals surface area (Å²) in [6.45, 7) is 5.80. The minimum atomic E-state index is -0.368. The van der Waals surface area contributed by atoms with E-state index in [0.29, 0.717) is 5.16 Å². The average Bonchev–Trinajstić information content (AvgIpc) is 3.12. The van der Waals surface area contributed by atoms with E-state index in [2.05, 4.69) is 20.8 Å². The number of carbonyl (C=O) groups excluding carboxylic acids is 1. The number of tetrazole rings is 1. The molecule has 2 aromatic carbocycles. The number of thioether (sulfide) groups is 1. The lowest BCUT2D eigenvalue weighted by Gasteiger charge is -2.14. The summed E-state index contributed by atoms with van der Waals surface area (Å²) in [4.78, 5) is 12.6. The van der Waals surface area contributed by atoms with Gasteiger partial charge in [0.05, 0.1) is 18.0 Å². The fourth-order valence-corrected chi connectivity index (χ4v) is 3.26. The quantitative estimate of drug-likeness (QED) is 0.657. The van der Waals surface area contributed by atoms with Crippen LogP contribution in [0.4, 0.5) is 5.69 Å². The van der Waals surface area contributed by atoms with Crippen molar-refractivity contribution in [2.24, 2.45) is 0 Å². The maximum atomic E-state index is 12.6. The lowest BCUT2D eigenvalue weighted by atomic mass is 10.1. The molecule has 0 aliphatic carbocycles. The van der Waals surface area contributed by atoms with Gasteiger partial charge in [0.15, 0.2) is 0 Å². The van der Waals surface area contributed by atoms with Gasteiger partial charge in [-0.05, 0) is 72.7 Å². The fourth-order valence-electron chi connectivity index (χ4n) is 2.45. The van der Waals surface area contributed by atoms with Crippen LogP contribution in [0.15, 0.2) is 47.6 Å². The van der Waals surface area contributed by atoms with Crippen LogP contribution in [0.25, 0.3) is 5.69 Å². The fraction of sp³-hybridized carbons (Fsp3) is 0.263. The lowest BCUT2D eigenvalue weighted by molar-refractivity contribution is -0.115. The molecule has 0 unspecified atom stereocenters. The minimum absolute atomic E-state index is 0.0991. The molecule has 0 aliphatic heterocycles. The molecular weight excluding hydrogens is 362 g/mol. The van der Waals surface area contributed by atoms with E-state index < -0.39 is 0 Å². The number of rotatable bonds is 6.